The molecule has 2 aliphatic carbocycles. The third-order valence-corrected chi connectivity index (χ3v) is 7.50. The molecule has 32 heavy (non-hydrogen) atoms. The lowest BCUT2D eigenvalue weighted by atomic mass is 9.78. The van der Waals surface area contributed by atoms with Crippen LogP contribution in [0.3, 0.4) is 0 Å². The molecule has 0 aliphatic heterocycles. The van der Waals surface area contributed by atoms with E-state index in [1.165, 1.54) is 30.5 Å². The van der Waals surface area contributed by atoms with E-state index in [9.17, 15) is 14.0 Å². The van der Waals surface area contributed by atoms with Crippen LogP contribution >= 0.6 is 11.6 Å². The largest absolute Gasteiger partial charge is 0.351 e. The molecule has 2 aliphatic rings. The third kappa shape index (κ3) is 6.34. The fourth-order valence-corrected chi connectivity index (χ4v) is 5.19. The molecule has 0 spiro atoms. The van der Waals surface area contributed by atoms with E-state index in [-0.39, 0.29) is 29.6 Å². The second-order valence-corrected chi connectivity index (χ2v) is 9.68. The average Bonchev–Trinajstić information content (AvgIpc) is 2.80. The molecule has 4 atom stereocenters. The standard InChI is InChI=1S/C26H36ClFN2O2/c1-18-7-6-10-23(19(18)2)29-26(32)25(21-11-13-22(28)14-12-21)30(24(31)17-27)16-15-20-8-4-3-5-9-20/h8,11-14,18-19,23,25H,3-7,9-10,15-17H2,1-2H3,(H,29,32)/t18-,19-,23+,25+/m1/s1. The van der Waals surface area contributed by atoms with Crippen LogP contribution < -0.4 is 5.32 Å². The highest BCUT2D eigenvalue weighted by atomic mass is 35.5. The minimum atomic E-state index is -0.824. The van der Waals surface area contributed by atoms with Crippen molar-refractivity contribution in [3.8, 4) is 0 Å². The van der Waals surface area contributed by atoms with E-state index in [1.54, 1.807) is 17.0 Å². The number of carbonyl (C=O) groups is 2. The van der Waals surface area contributed by atoms with E-state index in [4.69, 9.17) is 11.6 Å². The van der Waals surface area contributed by atoms with Crippen LogP contribution in [0.2, 0.25) is 0 Å². The van der Waals surface area contributed by atoms with Gasteiger partial charge in [-0.2, -0.15) is 0 Å². The molecule has 6 heteroatoms. The summed E-state index contributed by atoms with van der Waals surface area (Å²) in [5.41, 5.74) is 1.94. The SMILES string of the molecule is C[C@@H]1[C@H](C)CCC[C@@H]1NC(=O)[C@H](c1ccc(F)cc1)N(CCC1=CCCCC1)C(=O)CCl. The van der Waals surface area contributed by atoms with Gasteiger partial charge in [-0.15, -0.1) is 11.6 Å². The van der Waals surface area contributed by atoms with Crippen LogP contribution in [0.25, 0.3) is 0 Å². The van der Waals surface area contributed by atoms with Gasteiger partial charge in [0.2, 0.25) is 11.8 Å². The topological polar surface area (TPSA) is 49.4 Å². The zero-order valence-corrected chi connectivity index (χ0v) is 20.0. The zero-order chi connectivity index (χ0) is 23.1. The van der Waals surface area contributed by atoms with Gasteiger partial charge in [0.25, 0.3) is 0 Å². The van der Waals surface area contributed by atoms with Crippen molar-refractivity contribution in [2.24, 2.45) is 11.8 Å². The first-order valence-electron chi connectivity index (χ1n) is 12.0. The summed E-state index contributed by atoms with van der Waals surface area (Å²) in [7, 11) is 0. The molecule has 0 radical (unpaired) electrons. The van der Waals surface area contributed by atoms with Crippen LogP contribution in [0.4, 0.5) is 4.39 Å². The molecule has 1 N–H and O–H groups in total. The van der Waals surface area contributed by atoms with Crippen molar-refractivity contribution in [1.82, 2.24) is 10.2 Å². The van der Waals surface area contributed by atoms with Crippen molar-refractivity contribution in [2.45, 2.75) is 77.3 Å². The van der Waals surface area contributed by atoms with Crippen LogP contribution in [0.5, 0.6) is 0 Å². The molecule has 0 aromatic heterocycles. The number of benzene rings is 1. The summed E-state index contributed by atoms with van der Waals surface area (Å²) < 4.78 is 13.6. The van der Waals surface area contributed by atoms with Gasteiger partial charge in [0.05, 0.1) is 0 Å². The highest BCUT2D eigenvalue weighted by molar-refractivity contribution is 6.27. The number of allylic oxidation sites excluding steroid dienone is 1. The van der Waals surface area contributed by atoms with E-state index >= 15 is 0 Å². The van der Waals surface area contributed by atoms with Crippen LogP contribution in [-0.2, 0) is 9.59 Å². The molecule has 1 aromatic rings. The molecular weight excluding hydrogens is 427 g/mol. The summed E-state index contributed by atoms with van der Waals surface area (Å²) >= 11 is 5.97. The van der Waals surface area contributed by atoms with Crippen molar-refractivity contribution in [2.75, 3.05) is 12.4 Å². The van der Waals surface area contributed by atoms with Crippen LogP contribution in [-0.4, -0.2) is 35.2 Å². The molecule has 4 nitrogen and oxygen atoms in total. The van der Waals surface area contributed by atoms with Gasteiger partial charge in [-0.3, -0.25) is 9.59 Å². The first-order chi connectivity index (χ1) is 15.4. The van der Waals surface area contributed by atoms with Crippen molar-refractivity contribution in [3.63, 3.8) is 0 Å². The third-order valence-electron chi connectivity index (χ3n) is 7.27. The molecule has 0 unspecified atom stereocenters. The summed E-state index contributed by atoms with van der Waals surface area (Å²) in [5.74, 6) is -0.147. The number of hydrogen-bond donors (Lipinski definition) is 1. The molecule has 176 valence electrons. The number of halogens is 2. The molecule has 0 heterocycles. The number of nitrogens with zero attached hydrogens (tertiary/aromatic N) is 1. The summed E-state index contributed by atoms with van der Waals surface area (Å²) in [6, 6.07) is 5.13. The molecule has 3 rings (SSSR count). The summed E-state index contributed by atoms with van der Waals surface area (Å²) in [6.07, 6.45) is 10.6. The van der Waals surface area contributed by atoms with Crippen LogP contribution in [0.1, 0.15) is 76.8 Å². The monoisotopic (exact) mass is 462 g/mol. The lowest BCUT2D eigenvalue weighted by molar-refractivity contribution is -0.139. The quantitative estimate of drug-likeness (QED) is 0.394. The summed E-state index contributed by atoms with van der Waals surface area (Å²) in [5, 5.41) is 3.23. The maximum atomic E-state index is 13.6. The summed E-state index contributed by atoms with van der Waals surface area (Å²) in [4.78, 5) is 28.1. The van der Waals surface area contributed by atoms with E-state index in [0.717, 1.165) is 38.5 Å². The van der Waals surface area contributed by atoms with Crippen molar-refractivity contribution in [3.05, 3.63) is 47.3 Å². The Morgan fingerprint density at radius 1 is 1.16 bits per heavy atom. The van der Waals surface area contributed by atoms with E-state index in [0.29, 0.717) is 23.9 Å². The smallest absolute Gasteiger partial charge is 0.247 e. The predicted molar refractivity (Wildman–Crippen MR) is 127 cm³/mol. The van der Waals surface area contributed by atoms with Gasteiger partial charge in [-0.1, -0.05) is 50.5 Å². The average molecular weight is 463 g/mol. The van der Waals surface area contributed by atoms with Gasteiger partial charge in [0.1, 0.15) is 17.7 Å². The second-order valence-electron chi connectivity index (χ2n) is 9.42. The van der Waals surface area contributed by atoms with Crippen LogP contribution in [0.15, 0.2) is 35.9 Å². The fraction of sp³-hybridized carbons (Fsp3) is 0.615. The Bertz CT molecular complexity index is 811. The molecular formula is C26H36ClFN2O2. The maximum Gasteiger partial charge on any atom is 0.247 e. The van der Waals surface area contributed by atoms with Gasteiger partial charge in [0, 0.05) is 12.6 Å². The number of alkyl halides is 1. The van der Waals surface area contributed by atoms with Crippen molar-refractivity contribution in [1.29, 1.82) is 0 Å². The Morgan fingerprint density at radius 2 is 1.91 bits per heavy atom. The van der Waals surface area contributed by atoms with Gasteiger partial charge >= 0.3 is 0 Å². The van der Waals surface area contributed by atoms with E-state index in [1.807, 2.05) is 0 Å². The Labute approximate surface area is 196 Å². The number of rotatable bonds is 8. The molecule has 1 aromatic carbocycles. The van der Waals surface area contributed by atoms with Gasteiger partial charge in [-0.05, 0) is 68.1 Å². The molecule has 1 fully saturated rings. The van der Waals surface area contributed by atoms with E-state index < -0.39 is 6.04 Å². The Balaban J connectivity index is 1.85. The van der Waals surface area contributed by atoms with Crippen molar-refractivity contribution >= 4 is 23.4 Å². The fourth-order valence-electron chi connectivity index (χ4n) is 5.04. The van der Waals surface area contributed by atoms with Crippen LogP contribution in [0, 0.1) is 17.7 Å². The Kier molecular flexibility index (Phi) is 9.15. The van der Waals surface area contributed by atoms with Gasteiger partial charge in [0.15, 0.2) is 0 Å². The molecule has 2 amide bonds. The lowest BCUT2D eigenvalue weighted by Gasteiger charge is -2.37. The molecule has 0 bridgehead atoms. The Hall–Kier alpha value is -1.88. The minimum Gasteiger partial charge on any atom is -0.351 e. The number of nitrogens with one attached hydrogen (secondary N) is 1. The predicted octanol–water partition coefficient (Wildman–Crippen LogP) is 5.77. The number of carbonyl (C=O) groups excluding carboxylic acids is 2. The lowest BCUT2D eigenvalue weighted by Crippen LogP contribution is -2.50. The molecule has 0 saturated heterocycles. The Morgan fingerprint density at radius 3 is 2.56 bits per heavy atom. The minimum absolute atomic E-state index is 0.0724. The first kappa shape index (κ1) is 24.8. The molecule has 1 saturated carbocycles. The maximum absolute atomic E-state index is 13.6. The van der Waals surface area contributed by atoms with E-state index in [2.05, 4.69) is 25.2 Å². The van der Waals surface area contributed by atoms with Gasteiger partial charge < -0.3 is 10.2 Å². The highest BCUT2D eigenvalue weighted by Gasteiger charge is 2.35. The highest BCUT2D eigenvalue weighted by Crippen LogP contribution is 2.31. The normalized spacial score (nSPS) is 24.4. The number of amides is 2. The second kappa shape index (κ2) is 11.8. The summed E-state index contributed by atoms with van der Waals surface area (Å²) in [6.45, 7) is 4.82. The van der Waals surface area contributed by atoms with Crippen molar-refractivity contribution < 1.29 is 14.0 Å². The zero-order valence-electron chi connectivity index (χ0n) is 19.3. The number of hydrogen-bond acceptors (Lipinski definition) is 2. The first-order valence-corrected chi connectivity index (χ1v) is 12.5. The van der Waals surface area contributed by atoms with Gasteiger partial charge in [-0.25, -0.2) is 4.39 Å².